The quantitative estimate of drug-likeness (QED) is 0.625. The molecule has 2 aromatic carbocycles. The third kappa shape index (κ3) is 1.96. The van der Waals surface area contributed by atoms with Crippen molar-refractivity contribution in [2.75, 3.05) is 0 Å². The van der Waals surface area contributed by atoms with E-state index in [1.165, 1.54) is 40.7 Å². The van der Waals surface area contributed by atoms with E-state index in [-0.39, 0.29) is 10.8 Å². The lowest BCUT2D eigenvalue weighted by Gasteiger charge is -2.30. The number of rotatable bonds is 2. The first-order chi connectivity index (χ1) is 9.94. The molecule has 0 unspecified atom stereocenters. The Morgan fingerprint density at radius 1 is 0.810 bits per heavy atom. The lowest BCUT2D eigenvalue weighted by molar-refractivity contribution is 0.490. The zero-order valence-corrected chi connectivity index (χ0v) is 14.0. The minimum Gasteiger partial charge on any atom is -0.0642 e. The molecule has 0 bridgehead atoms. The fourth-order valence-corrected chi connectivity index (χ4v) is 3.94. The van der Waals surface area contributed by atoms with E-state index in [4.69, 9.17) is 0 Å². The molecule has 0 heterocycles. The van der Waals surface area contributed by atoms with E-state index in [9.17, 15) is 0 Å². The Morgan fingerprint density at radius 2 is 1.43 bits per heavy atom. The van der Waals surface area contributed by atoms with E-state index < -0.39 is 0 Å². The Morgan fingerprint density at radius 3 is 2.05 bits per heavy atom. The van der Waals surface area contributed by atoms with Crippen LogP contribution in [0.4, 0.5) is 0 Å². The first kappa shape index (κ1) is 14.4. The Bertz CT molecular complexity index is 667. The molecule has 0 N–H and O–H groups in total. The topological polar surface area (TPSA) is 0 Å². The van der Waals surface area contributed by atoms with Gasteiger partial charge in [-0.3, -0.25) is 0 Å². The van der Waals surface area contributed by atoms with Crippen LogP contribution in [-0.2, 0) is 10.8 Å². The van der Waals surface area contributed by atoms with Crippen LogP contribution in [0.5, 0.6) is 0 Å². The minimum atomic E-state index is 0.202. The summed E-state index contributed by atoms with van der Waals surface area (Å²) in [5, 5.41) is 0. The molecular weight excluding hydrogens is 252 g/mol. The third-order valence-electron chi connectivity index (χ3n) is 5.34. The second kappa shape index (κ2) is 4.73. The van der Waals surface area contributed by atoms with Crippen LogP contribution in [0.25, 0.3) is 11.1 Å². The zero-order chi connectivity index (χ0) is 15.3. The standard InChI is InChI=1S/C21H26/c1-6-21(7-2)18-11-9-8-10-16(18)17-14-15(20(3,4)5)12-13-19(17)21/h8-14H,6-7H2,1-5H3. The number of hydrogen-bond acceptors (Lipinski definition) is 0. The summed E-state index contributed by atoms with van der Waals surface area (Å²) < 4.78 is 0. The maximum Gasteiger partial charge on any atom is 0.0210 e. The zero-order valence-electron chi connectivity index (χ0n) is 14.0. The molecule has 0 aliphatic heterocycles. The summed E-state index contributed by atoms with van der Waals surface area (Å²) in [6.45, 7) is 11.5. The second-order valence-electron chi connectivity index (χ2n) is 7.35. The van der Waals surface area contributed by atoms with Gasteiger partial charge in [-0.25, -0.2) is 0 Å². The molecule has 0 radical (unpaired) electrons. The second-order valence-corrected chi connectivity index (χ2v) is 7.35. The van der Waals surface area contributed by atoms with Crippen molar-refractivity contribution < 1.29 is 0 Å². The molecule has 3 rings (SSSR count). The molecule has 2 aromatic rings. The van der Waals surface area contributed by atoms with E-state index in [0.717, 1.165) is 0 Å². The fraction of sp³-hybridized carbons (Fsp3) is 0.429. The summed E-state index contributed by atoms with van der Waals surface area (Å²) in [6.07, 6.45) is 2.34. The summed E-state index contributed by atoms with van der Waals surface area (Å²) in [7, 11) is 0. The Hall–Kier alpha value is -1.56. The van der Waals surface area contributed by atoms with Crippen molar-refractivity contribution in [3.8, 4) is 11.1 Å². The molecule has 0 saturated carbocycles. The van der Waals surface area contributed by atoms with Crippen molar-refractivity contribution in [2.45, 2.75) is 58.3 Å². The maximum absolute atomic E-state index is 2.43. The first-order valence-corrected chi connectivity index (χ1v) is 8.19. The Balaban J connectivity index is 2.31. The monoisotopic (exact) mass is 278 g/mol. The molecule has 0 aromatic heterocycles. The summed E-state index contributed by atoms with van der Waals surface area (Å²) in [4.78, 5) is 0. The van der Waals surface area contributed by atoms with Gasteiger partial charge in [0.15, 0.2) is 0 Å². The van der Waals surface area contributed by atoms with Gasteiger partial charge in [0.25, 0.3) is 0 Å². The molecule has 1 aliphatic rings. The molecule has 1 aliphatic carbocycles. The predicted molar refractivity (Wildman–Crippen MR) is 91.9 cm³/mol. The molecule has 0 saturated heterocycles. The van der Waals surface area contributed by atoms with Gasteiger partial charge in [0.1, 0.15) is 0 Å². The van der Waals surface area contributed by atoms with E-state index in [2.05, 4.69) is 77.1 Å². The number of hydrogen-bond donors (Lipinski definition) is 0. The highest BCUT2D eigenvalue weighted by Crippen LogP contribution is 2.53. The molecule has 0 atom stereocenters. The van der Waals surface area contributed by atoms with Gasteiger partial charge in [0.05, 0.1) is 0 Å². The normalized spacial score (nSPS) is 15.7. The highest BCUT2D eigenvalue weighted by molar-refractivity contribution is 5.81. The van der Waals surface area contributed by atoms with E-state index >= 15 is 0 Å². The predicted octanol–water partition coefficient (Wildman–Crippen LogP) is 6.07. The van der Waals surface area contributed by atoms with Gasteiger partial charge < -0.3 is 0 Å². The van der Waals surface area contributed by atoms with Gasteiger partial charge >= 0.3 is 0 Å². The lowest BCUT2D eigenvalue weighted by atomic mass is 9.73. The van der Waals surface area contributed by atoms with Crippen LogP contribution in [0.3, 0.4) is 0 Å². The SMILES string of the molecule is CCC1(CC)c2ccccc2-c2cc(C(C)(C)C)ccc21. The highest BCUT2D eigenvalue weighted by Gasteiger charge is 2.40. The molecule has 0 nitrogen and oxygen atoms in total. The van der Waals surface area contributed by atoms with Crippen molar-refractivity contribution in [1.82, 2.24) is 0 Å². The minimum absolute atomic E-state index is 0.202. The van der Waals surface area contributed by atoms with Crippen molar-refractivity contribution >= 4 is 0 Å². The average Bonchev–Trinajstić information content (AvgIpc) is 2.76. The van der Waals surface area contributed by atoms with Crippen LogP contribution in [0.1, 0.15) is 64.2 Å². The van der Waals surface area contributed by atoms with Crippen molar-refractivity contribution in [1.29, 1.82) is 0 Å². The first-order valence-electron chi connectivity index (χ1n) is 8.19. The van der Waals surface area contributed by atoms with Crippen LogP contribution in [-0.4, -0.2) is 0 Å². The van der Waals surface area contributed by atoms with Crippen molar-refractivity contribution in [3.05, 3.63) is 59.2 Å². The summed E-state index contributed by atoms with van der Waals surface area (Å²) in [5.41, 5.74) is 7.80. The van der Waals surface area contributed by atoms with Gasteiger partial charge in [0.2, 0.25) is 0 Å². The van der Waals surface area contributed by atoms with Crippen LogP contribution < -0.4 is 0 Å². The van der Waals surface area contributed by atoms with Crippen LogP contribution in [0.2, 0.25) is 0 Å². The fourth-order valence-electron chi connectivity index (χ4n) is 3.94. The van der Waals surface area contributed by atoms with Gasteiger partial charge in [-0.1, -0.05) is 77.1 Å². The van der Waals surface area contributed by atoms with Crippen LogP contribution in [0, 0.1) is 0 Å². The summed E-state index contributed by atoms with van der Waals surface area (Å²) >= 11 is 0. The van der Waals surface area contributed by atoms with Gasteiger partial charge in [-0.2, -0.15) is 0 Å². The molecule has 0 spiro atoms. The largest absolute Gasteiger partial charge is 0.0642 e. The highest BCUT2D eigenvalue weighted by atomic mass is 14.4. The van der Waals surface area contributed by atoms with Gasteiger partial charge in [-0.05, 0) is 46.1 Å². The average molecular weight is 278 g/mol. The third-order valence-corrected chi connectivity index (χ3v) is 5.34. The smallest absolute Gasteiger partial charge is 0.0210 e. The lowest BCUT2D eigenvalue weighted by Crippen LogP contribution is -2.23. The molecule has 0 heteroatoms. The molecule has 0 amide bonds. The summed E-state index contributed by atoms with van der Waals surface area (Å²) in [6, 6.07) is 16.2. The van der Waals surface area contributed by atoms with E-state index in [1.807, 2.05) is 0 Å². The Kier molecular flexibility index (Phi) is 3.24. The Labute approximate surface area is 129 Å². The van der Waals surface area contributed by atoms with Crippen molar-refractivity contribution in [2.24, 2.45) is 0 Å². The maximum atomic E-state index is 2.43. The molecule has 110 valence electrons. The van der Waals surface area contributed by atoms with E-state index in [1.54, 1.807) is 0 Å². The van der Waals surface area contributed by atoms with Crippen molar-refractivity contribution in [3.63, 3.8) is 0 Å². The van der Waals surface area contributed by atoms with E-state index in [0.29, 0.717) is 0 Å². The van der Waals surface area contributed by atoms with Gasteiger partial charge in [0, 0.05) is 5.41 Å². The summed E-state index contributed by atoms with van der Waals surface area (Å²) in [5.74, 6) is 0. The number of benzene rings is 2. The van der Waals surface area contributed by atoms with Crippen LogP contribution in [0.15, 0.2) is 42.5 Å². The molecular formula is C21H26. The van der Waals surface area contributed by atoms with Crippen LogP contribution >= 0.6 is 0 Å². The molecule has 0 fully saturated rings. The van der Waals surface area contributed by atoms with Gasteiger partial charge in [-0.15, -0.1) is 0 Å². The molecule has 21 heavy (non-hydrogen) atoms. The number of fused-ring (bicyclic) bond motifs is 3.